The second-order valence-electron chi connectivity index (χ2n) is 9.38. The van der Waals surface area contributed by atoms with Gasteiger partial charge in [-0.25, -0.2) is 4.79 Å². The second kappa shape index (κ2) is 11.2. The van der Waals surface area contributed by atoms with E-state index in [9.17, 15) is 14.4 Å². The Labute approximate surface area is 210 Å². The van der Waals surface area contributed by atoms with Crippen LogP contribution in [-0.4, -0.2) is 65.7 Å². The van der Waals surface area contributed by atoms with Crippen LogP contribution >= 0.6 is 11.8 Å². The normalized spacial score (nSPS) is 19.7. The lowest BCUT2D eigenvalue weighted by Crippen LogP contribution is -2.48. The van der Waals surface area contributed by atoms with Crippen molar-refractivity contribution in [2.75, 3.05) is 31.7 Å². The summed E-state index contributed by atoms with van der Waals surface area (Å²) in [6.07, 6.45) is 1.87. The van der Waals surface area contributed by atoms with Crippen LogP contribution in [-0.2, 0) is 14.3 Å². The molecule has 4 rings (SSSR count). The van der Waals surface area contributed by atoms with Gasteiger partial charge in [-0.1, -0.05) is 55.5 Å². The highest BCUT2D eigenvalue weighted by atomic mass is 32.2. The zero-order chi connectivity index (χ0) is 24.9. The summed E-state index contributed by atoms with van der Waals surface area (Å²) in [6, 6.07) is 15.6. The number of fused-ring (bicyclic) bond motifs is 3. The SMILES string of the molecule is CSCC[C@H](NC(=O)OCC1c2ccccc2-c2ccccc21)C(=O)N1C[C@@H](CC(=O)O)[C@H](C)C1. The van der Waals surface area contributed by atoms with Gasteiger partial charge in [0.15, 0.2) is 0 Å². The van der Waals surface area contributed by atoms with Crippen molar-refractivity contribution in [1.82, 2.24) is 10.2 Å². The minimum atomic E-state index is -0.855. The molecule has 186 valence electrons. The topological polar surface area (TPSA) is 95.9 Å². The van der Waals surface area contributed by atoms with Crippen LogP contribution in [0.1, 0.15) is 36.8 Å². The third-order valence-electron chi connectivity index (χ3n) is 7.06. The molecule has 1 fully saturated rings. The fourth-order valence-electron chi connectivity index (χ4n) is 5.20. The zero-order valence-corrected chi connectivity index (χ0v) is 20.9. The molecule has 0 aromatic heterocycles. The molecule has 1 heterocycles. The molecule has 0 spiro atoms. The number of aliphatic carboxylic acids is 1. The lowest BCUT2D eigenvalue weighted by atomic mass is 9.95. The third kappa shape index (κ3) is 5.64. The summed E-state index contributed by atoms with van der Waals surface area (Å²) in [5.74, 6) is -0.344. The van der Waals surface area contributed by atoms with Crippen LogP contribution in [0.3, 0.4) is 0 Å². The van der Waals surface area contributed by atoms with E-state index in [1.165, 1.54) is 0 Å². The van der Waals surface area contributed by atoms with E-state index in [0.29, 0.717) is 25.3 Å². The van der Waals surface area contributed by atoms with Crippen LogP contribution in [0.5, 0.6) is 0 Å². The molecule has 0 radical (unpaired) electrons. The second-order valence-corrected chi connectivity index (χ2v) is 10.4. The molecule has 1 saturated heterocycles. The van der Waals surface area contributed by atoms with Gasteiger partial charge >= 0.3 is 12.1 Å². The minimum absolute atomic E-state index is 0.0419. The summed E-state index contributed by atoms with van der Waals surface area (Å²) in [6.45, 7) is 3.05. The summed E-state index contributed by atoms with van der Waals surface area (Å²) >= 11 is 1.60. The molecule has 0 unspecified atom stereocenters. The monoisotopic (exact) mass is 496 g/mol. The predicted octanol–water partition coefficient (Wildman–Crippen LogP) is 4.22. The average Bonchev–Trinajstić information content (AvgIpc) is 3.37. The fraction of sp³-hybridized carbons (Fsp3) is 0.444. The number of ether oxygens (including phenoxy) is 1. The largest absolute Gasteiger partial charge is 0.481 e. The van der Waals surface area contributed by atoms with Crippen LogP contribution in [0.2, 0.25) is 0 Å². The average molecular weight is 497 g/mol. The summed E-state index contributed by atoms with van der Waals surface area (Å²) in [5, 5.41) is 11.9. The van der Waals surface area contributed by atoms with E-state index in [-0.39, 0.29) is 36.7 Å². The van der Waals surface area contributed by atoms with Gasteiger partial charge in [-0.2, -0.15) is 11.8 Å². The lowest BCUT2D eigenvalue weighted by Gasteiger charge is -2.24. The highest BCUT2D eigenvalue weighted by Gasteiger charge is 2.37. The van der Waals surface area contributed by atoms with E-state index in [0.717, 1.165) is 22.3 Å². The van der Waals surface area contributed by atoms with Crippen molar-refractivity contribution >= 4 is 29.7 Å². The first-order valence-corrected chi connectivity index (χ1v) is 13.4. The van der Waals surface area contributed by atoms with Gasteiger partial charge in [0.25, 0.3) is 0 Å². The first kappa shape index (κ1) is 25.1. The maximum Gasteiger partial charge on any atom is 0.407 e. The molecule has 0 bridgehead atoms. The number of nitrogens with zero attached hydrogens (tertiary/aromatic N) is 1. The van der Waals surface area contributed by atoms with E-state index < -0.39 is 18.1 Å². The maximum atomic E-state index is 13.3. The lowest BCUT2D eigenvalue weighted by molar-refractivity contribution is -0.138. The number of rotatable bonds is 9. The Morgan fingerprint density at radius 2 is 1.71 bits per heavy atom. The first-order valence-electron chi connectivity index (χ1n) is 12.0. The Morgan fingerprint density at radius 1 is 1.09 bits per heavy atom. The van der Waals surface area contributed by atoms with E-state index >= 15 is 0 Å². The number of carbonyl (C=O) groups is 3. The maximum absolute atomic E-state index is 13.3. The number of benzene rings is 2. The first-order chi connectivity index (χ1) is 16.9. The van der Waals surface area contributed by atoms with Crippen molar-refractivity contribution in [2.45, 2.75) is 31.7 Å². The number of amides is 2. The molecular weight excluding hydrogens is 464 g/mol. The molecule has 2 aromatic carbocycles. The highest BCUT2D eigenvalue weighted by Crippen LogP contribution is 2.44. The molecule has 2 aliphatic rings. The van der Waals surface area contributed by atoms with Crippen molar-refractivity contribution in [2.24, 2.45) is 11.8 Å². The molecule has 2 aromatic rings. The zero-order valence-electron chi connectivity index (χ0n) is 20.1. The molecule has 1 aliphatic heterocycles. The fourth-order valence-corrected chi connectivity index (χ4v) is 5.67. The van der Waals surface area contributed by atoms with Crippen molar-refractivity contribution in [3.8, 4) is 11.1 Å². The van der Waals surface area contributed by atoms with E-state index in [2.05, 4.69) is 29.6 Å². The Hall–Kier alpha value is -3.00. The number of hydrogen-bond acceptors (Lipinski definition) is 5. The van der Waals surface area contributed by atoms with Gasteiger partial charge < -0.3 is 20.1 Å². The van der Waals surface area contributed by atoms with E-state index in [4.69, 9.17) is 9.84 Å². The van der Waals surface area contributed by atoms with Gasteiger partial charge in [0.1, 0.15) is 12.6 Å². The Morgan fingerprint density at radius 3 is 2.31 bits per heavy atom. The number of likely N-dealkylation sites (tertiary alicyclic amines) is 1. The molecule has 0 saturated carbocycles. The van der Waals surface area contributed by atoms with Gasteiger partial charge in [-0.3, -0.25) is 9.59 Å². The van der Waals surface area contributed by atoms with Crippen LogP contribution in [0.4, 0.5) is 4.79 Å². The molecule has 35 heavy (non-hydrogen) atoms. The quantitative estimate of drug-likeness (QED) is 0.540. The van der Waals surface area contributed by atoms with E-state index in [1.54, 1.807) is 16.7 Å². The summed E-state index contributed by atoms with van der Waals surface area (Å²) in [5.41, 5.74) is 4.58. The number of thioether (sulfide) groups is 1. The summed E-state index contributed by atoms with van der Waals surface area (Å²) < 4.78 is 5.65. The summed E-state index contributed by atoms with van der Waals surface area (Å²) in [7, 11) is 0. The Balaban J connectivity index is 1.40. The van der Waals surface area contributed by atoms with Gasteiger partial charge in [0, 0.05) is 19.0 Å². The number of carboxylic acid groups (broad SMARTS) is 1. The predicted molar refractivity (Wildman–Crippen MR) is 136 cm³/mol. The number of nitrogens with one attached hydrogen (secondary N) is 1. The van der Waals surface area contributed by atoms with Crippen molar-refractivity contribution in [3.63, 3.8) is 0 Å². The van der Waals surface area contributed by atoms with Crippen LogP contribution in [0, 0.1) is 11.8 Å². The third-order valence-corrected chi connectivity index (χ3v) is 7.70. The van der Waals surface area contributed by atoms with Crippen molar-refractivity contribution < 1.29 is 24.2 Å². The number of hydrogen-bond donors (Lipinski definition) is 2. The van der Waals surface area contributed by atoms with Gasteiger partial charge in [-0.15, -0.1) is 0 Å². The highest BCUT2D eigenvalue weighted by molar-refractivity contribution is 7.98. The number of carbonyl (C=O) groups excluding carboxylic acids is 2. The van der Waals surface area contributed by atoms with Gasteiger partial charge in [0.05, 0.1) is 6.42 Å². The van der Waals surface area contributed by atoms with E-state index in [1.807, 2.05) is 37.4 Å². The molecule has 2 amide bonds. The smallest absolute Gasteiger partial charge is 0.407 e. The van der Waals surface area contributed by atoms with Crippen LogP contribution in [0.25, 0.3) is 11.1 Å². The molecule has 2 N–H and O–H groups in total. The van der Waals surface area contributed by atoms with Crippen LogP contribution in [0.15, 0.2) is 48.5 Å². The van der Waals surface area contributed by atoms with Crippen LogP contribution < -0.4 is 5.32 Å². The molecule has 1 aliphatic carbocycles. The number of carboxylic acids is 1. The van der Waals surface area contributed by atoms with Crippen molar-refractivity contribution in [3.05, 3.63) is 59.7 Å². The molecule has 7 nitrogen and oxygen atoms in total. The molecule has 3 atom stereocenters. The Kier molecular flexibility index (Phi) is 8.00. The summed E-state index contributed by atoms with van der Waals surface area (Å²) in [4.78, 5) is 38.9. The minimum Gasteiger partial charge on any atom is -0.481 e. The standard InChI is InChI=1S/C27H32N2O5S/c1-17-14-29(15-18(17)13-25(30)31)26(32)24(11-12-35-2)28-27(33)34-16-23-21-9-5-3-7-19(21)20-8-4-6-10-22(20)23/h3-10,17-18,23-24H,11-16H2,1-2H3,(H,28,33)(H,30,31)/t17-,18-,24+/m1/s1. The number of alkyl carbamates (subject to hydrolysis) is 1. The molecular formula is C27H32N2O5S. The van der Waals surface area contributed by atoms with Gasteiger partial charge in [-0.05, 0) is 52.5 Å². The Bertz CT molecular complexity index is 1050. The van der Waals surface area contributed by atoms with Crippen molar-refractivity contribution in [1.29, 1.82) is 0 Å². The van der Waals surface area contributed by atoms with Gasteiger partial charge in [0.2, 0.25) is 5.91 Å². The molecule has 8 heteroatoms.